The van der Waals surface area contributed by atoms with Crippen LogP contribution >= 0.6 is 0 Å². The number of hydrogen-bond acceptors (Lipinski definition) is 3. The lowest BCUT2D eigenvalue weighted by Crippen LogP contribution is -2.40. The number of H-pyrrole nitrogens is 1. The van der Waals surface area contributed by atoms with E-state index >= 15 is 0 Å². The predicted octanol–water partition coefficient (Wildman–Crippen LogP) is 7.21. The molecule has 5 nitrogen and oxygen atoms in total. The highest BCUT2D eigenvalue weighted by molar-refractivity contribution is 5.81. The van der Waals surface area contributed by atoms with Gasteiger partial charge in [-0.3, -0.25) is 4.79 Å². The van der Waals surface area contributed by atoms with E-state index in [9.17, 15) is 4.79 Å². The van der Waals surface area contributed by atoms with E-state index in [4.69, 9.17) is 11.5 Å². The zero-order chi connectivity index (χ0) is 25.4. The summed E-state index contributed by atoms with van der Waals surface area (Å²) in [6.45, 7) is 3.71. The van der Waals surface area contributed by atoms with Crippen LogP contribution in [0.4, 0.5) is 0 Å². The highest BCUT2D eigenvalue weighted by atomic mass is 16.2. The highest BCUT2D eigenvalue weighted by Crippen LogP contribution is 2.13. The van der Waals surface area contributed by atoms with Gasteiger partial charge in [0.15, 0.2) is 0 Å². The standard InChI is InChI=1S/C22H47N3O.C8H7N/c1-2-3-4-5-6-7-8-9-10-11-12-13-14-17-20-25-22(26)21(24)18-15-16-19-23;1-2-4-8-7(3-1)5-6-9-8/h21H,2-20,23-24H2,1H3,(H,25,26);1-6,9H/t21-;/m0./s1. The molecular weight excluding hydrogens is 432 g/mol. The smallest absolute Gasteiger partial charge is 0.236 e. The zero-order valence-corrected chi connectivity index (χ0v) is 22.5. The van der Waals surface area contributed by atoms with E-state index in [0.717, 1.165) is 32.2 Å². The van der Waals surface area contributed by atoms with Gasteiger partial charge in [0.2, 0.25) is 5.91 Å². The molecule has 1 amide bonds. The minimum absolute atomic E-state index is 0.00304. The third-order valence-electron chi connectivity index (χ3n) is 6.60. The van der Waals surface area contributed by atoms with Gasteiger partial charge in [-0.05, 0) is 43.3 Å². The Morgan fingerprint density at radius 1 is 0.800 bits per heavy atom. The molecule has 5 heteroatoms. The second-order valence-electron chi connectivity index (χ2n) is 9.84. The summed E-state index contributed by atoms with van der Waals surface area (Å²) in [5, 5.41) is 4.23. The van der Waals surface area contributed by atoms with Gasteiger partial charge in [-0.25, -0.2) is 0 Å². The molecule has 0 bridgehead atoms. The average Bonchev–Trinajstić information content (AvgIpc) is 3.36. The fourth-order valence-corrected chi connectivity index (χ4v) is 4.30. The molecule has 0 fully saturated rings. The Labute approximate surface area is 215 Å². The molecule has 0 aliphatic carbocycles. The largest absolute Gasteiger partial charge is 0.361 e. The number of nitrogens with one attached hydrogen (secondary N) is 2. The highest BCUT2D eigenvalue weighted by Gasteiger charge is 2.11. The maximum absolute atomic E-state index is 11.8. The lowest BCUT2D eigenvalue weighted by molar-refractivity contribution is -0.122. The first-order valence-corrected chi connectivity index (χ1v) is 14.4. The van der Waals surface area contributed by atoms with Crippen LogP contribution in [0.3, 0.4) is 0 Å². The number of fused-ring (bicyclic) bond motifs is 1. The molecule has 2 rings (SSSR count). The molecule has 1 heterocycles. The van der Waals surface area contributed by atoms with Crippen molar-refractivity contribution >= 4 is 16.8 Å². The third-order valence-corrected chi connectivity index (χ3v) is 6.60. The average molecular weight is 487 g/mol. The second kappa shape index (κ2) is 22.6. The van der Waals surface area contributed by atoms with Crippen molar-refractivity contribution in [2.24, 2.45) is 11.5 Å². The molecule has 200 valence electrons. The number of aromatic amines is 1. The summed E-state index contributed by atoms with van der Waals surface area (Å²) in [5.41, 5.74) is 12.5. The van der Waals surface area contributed by atoms with Crippen LogP contribution in [-0.2, 0) is 4.79 Å². The first-order valence-electron chi connectivity index (χ1n) is 14.4. The normalized spacial score (nSPS) is 11.7. The van der Waals surface area contributed by atoms with Gasteiger partial charge in [0.1, 0.15) is 0 Å². The van der Waals surface area contributed by atoms with E-state index in [-0.39, 0.29) is 11.9 Å². The molecular formula is C30H54N4O. The molecule has 0 aliphatic rings. The fourth-order valence-electron chi connectivity index (χ4n) is 4.30. The SMILES string of the molecule is CCCCCCCCCCCCCCCCNC(=O)[C@@H](N)CCCCN.c1ccc2[nH]ccc2c1. The molecule has 1 aromatic heterocycles. The Morgan fingerprint density at radius 3 is 1.94 bits per heavy atom. The van der Waals surface area contributed by atoms with Crippen molar-refractivity contribution in [1.82, 2.24) is 10.3 Å². The Kier molecular flexibility index (Phi) is 20.1. The molecule has 0 saturated heterocycles. The Hall–Kier alpha value is -1.85. The lowest BCUT2D eigenvalue weighted by Gasteiger charge is -2.11. The number of rotatable bonds is 20. The Bertz CT molecular complexity index is 700. The van der Waals surface area contributed by atoms with Gasteiger partial charge in [-0.15, -0.1) is 0 Å². The van der Waals surface area contributed by atoms with Crippen LogP contribution < -0.4 is 16.8 Å². The van der Waals surface area contributed by atoms with Gasteiger partial charge in [0.05, 0.1) is 6.04 Å². The predicted molar refractivity (Wildman–Crippen MR) is 153 cm³/mol. The minimum Gasteiger partial charge on any atom is -0.361 e. The number of carbonyl (C=O) groups excluding carboxylic acids is 1. The fraction of sp³-hybridized carbons (Fsp3) is 0.700. The summed E-state index contributed by atoms with van der Waals surface area (Å²) in [6, 6.07) is 9.92. The van der Waals surface area contributed by atoms with Crippen LogP contribution in [0.1, 0.15) is 116 Å². The maximum atomic E-state index is 11.8. The first-order chi connectivity index (χ1) is 17.2. The molecule has 0 unspecified atom stereocenters. The van der Waals surface area contributed by atoms with Crippen molar-refractivity contribution < 1.29 is 4.79 Å². The maximum Gasteiger partial charge on any atom is 0.236 e. The molecule has 35 heavy (non-hydrogen) atoms. The number of amides is 1. The van der Waals surface area contributed by atoms with Crippen molar-refractivity contribution in [3.05, 3.63) is 36.5 Å². The van der Waals surface area contributed by atoms with Crippen LogP contribution in [0.15, 0.2) is 36.5 Å². The number of unbranched alkanes of at least 4 members (excludes halogenated alkanes) is 14. The van der Waals surface area contributed by atoms with Gasteiger partial charge >= 0.3 is 0 Å². The summed E-state index contributed by atoms with van der Waals surface area (Å²) in [4.78, 5) is 14.9. The monoisotopic (exact) mass is 486 g/mol. The summed E-state index contributed by atoms with van der Waals surface area (Å²) in [7, 11) is 0. The summed E-state index contributed by atoms with van der Waals surface area (Å²) < 4.78 is 0. The number of para-hydroxylation sites is 1. The molecule has 0 spiro atoms. The summed E-state index contributed by atoms with van der Waals surface area (Å²) >= 11 is 0. The topological polar surface area (TPSA) is 96.9 Å². The Balaban J connectivity index is 0.000000553. The van der Waals surface area contributed by atoms with E-state index in [1.54, 1.807) is 0 Å². The molecule has 1 atom stereocenters. The van der Waals surface area contributed by atoms with Gasteiger partial charge < -0.3 is 21.8 Å². The Morgan fingerprint density at radius 2 is 1.37 bits per heavy atom. The number of carbonyl (C=O) groups is 1. The molecule has 2 aromatic rings. The van der Waals surface area contributed by atoms with E-state index in [2.05, 4.69) is 35.4 Å². The van der Waals surface area contributed by atoms with Crippen molar-refractivity contribution in [1.29, 1.82) is 0 Å². The van der Waals surface area contributed by atoms with Crippen molar-refractivity contribution in [2.75, 3.05) is 13.1 Å². The molecule has 0 saturated carbocycles. The van der Waals surface area contributed by atoms with E-state index < -0.39 is 0 Å². The van der Waals surface area contributed by atoms with Crippen molar-refractivity contribution in [3.8, 4) is 0 Å². The lowest BCUT2D eigenvalue weighted by atomic mass is 10.0. The zero-order valence-electron chi connectivity index (χ0n) is 22.5. The van der Waals surface area contributed by atoms with Crippen LogP contribution in [0.5, 0.6) is 0 Å². The minimum atomic E-state index is -0.367. The van der Waals surface area contributed by atoms with Crippen molar-refractivity contribution in [3.63, 3.8) is 0 Å². The molecule has 6 N–H and O–H groups in total. The number of hydrogen-bond donors (Lipinski definition) is 4. The molecule has 1 aromatic carbocycles. The van der Waals surface area contributed by atoms with Crippen LogP contribution in [0.2, 0.25) is 0 Å². The van der Waals surface area contributed by atoms with Crippen LogP contribution in [-0.4, -0.2) is 30.0 Å². The van der Waals surface area contributed by atoms with Crippen molar-refractivity contribution in [2.45, 2.75) is 122 Å². The van der Waals surface area contributed by atoms with Gasteiger partial charge in [-0.2, -0.15) is 0 Å². The number of nitrogens with two attached hydrogens (primary N) is 2. The second-order valence-corrected chi connectivity index (χ2v) is 9.84. The number of aromatic nitrogens is 1. The first kappa shape index (κ1) is 31.2. The van der Waals surface area contributed by atoms with Gasteiger partial charge in [-0.1, -0.05) is 115 Å². The van der Waals surface area contributed by atoms with E-state index in [1.807, 2.05) is 18.3 Å². The van der Waals surface area contributed by atoms with E-state index in [1.165, 1.54) is 94.4 Å². The van der Waals surface area contributed by atoms with Crippen LogP contribution in [0, 0.1) is 0 Å². The summed E-state index contributed by atoms with van der Waals surface area (Å²) in [5.74, 6) is -0.00304. The summed E-state index contributed by atoms with van der Waals surface area (Å²) in [6.07, 6.45) is 23.5. The quantitative estimate of drug-likeness (QED) is 0.149. The molecule has 0 radical (unpaired) electrons. The van der Waals surface area contributed by atoms with Crippen LogP contribution in [0.25, 0.3) is 10.9 Å². The third kappa shape index (κ3) is 17.3. The molecule has 0 aliphatic heterocycles. The van der Waals surface area contributed by atoms with Gasteiger partial charge in [0, 0.05) is 18.3 Å². The number of benzene rings is 1. The van der Waals surface area contributed by atoms with Gasteiger partial charge in [0.25, 0.3) is 0 Å². The van der Waals surface area contributed by atoms with E-state index in [0.29, 0.717) is 6.54 Å².